The average Bonchev–Trinajstić information content (AvgIpc) is 2.84. The Morgan fingerprint density at radius 3 is 2.00 bits per heavy atom. The van der Waals surface area contributed by atoms with Crippen LogP contribution in [0.2, 0.25) is 0 Å². The molecule has 1 aromatic rings. The molecular weight excluding hydrogens is 452 g/mol. The quantitative estimate of drug-likeness (QED) is 0.636. The van der Waals surface area contributed by atoms with Gasteiger partial charge in [-0.05, 0) is 37.1 Å². The van der Waals surface area contributed by atoms with E-state index < -0.39 is 5.92 Å². The molecule has 1 saturated carbocycles. The van der Waals surface area contributed by atoms with Crippen LogP contribution in [-0.2, 0) is 4.79 Å². The Bertz CT molecular complexity index is 882. The minimum atomic E-state index is -2.65. The van der Waals surface area contributed by atoms with Crippen LogP contribution in [0.25, 0.3) is 0 Å². The highest BCUT2D eigenvalue weighted by molar-refractivity contribution is 5.94. The summed E-state index contributed by atoms with van der Waals surface area (Å²) in [5.74, 6) is -2.59. The van der Waals surface area contributed by atoms with Gasteiger partial charge in [0.1, 0.15) is 0 Å². The highest BCUT2D eigenvalue weighted by Crippen LogP contribution is 2.29. The van der Waals surface area contributed by atoms with Gasteiger partial charge < -0.3 is 14.7 Å². The van der Waals surface area contributed by atoms with Crippen molar-refractivity contribution >= 4 is 17.5 Å². The summed E-state index contributed by atoms with van der Waals surface area (Å²) >= 11 is 0. The summed E-state index contributed by atoms with van der Waals surface area (Å²) in [5, 5.41) is 0. The zero-order chi connectivity index (χ0) is 24.4. The number of halogens is 2. The lowest BCUT2D eigenvalue weighted by Gasteiger charge is -2.43. The highest BCUT2D eigenvalue weighted by atomic mass is 19.3. The van der Waals surface area contributed by atoms with Gasteiger partial charge in [0, 0.05) is 95.6 Å². The number of benzene rings is 1. The molecule has 1 aliphatic carbocycles. The van der Waals surface area contributed by atoms with Gasteiger partial charge in [-0.15, -0.1) is 0 Å². The second kappa shape index (κ2) is 10.4. The van der Waals surface area contributed by atoms with Crippen molar-refractivity contribution in [2.45, 2.75) is 44.1 Å². The maximum absolute atomic E-state index is 13.4. The maximum Gasteiger partial charge on any atom is 0.253 e. The van der Waals surface area contributed by atoms with E-state index in [0.29, 0.717) is 12.1 Å². The summed E-state index contributed by atoms with van der Waals surface area (Å²) in [5.41, 5.74) is 1.59. The third kappa shape index (κ3) is 5.77. The second-order valence-electron chi connectivity index (χ2n) is 10.5. The standard InChI is InChI=1S/C26H37F2N5O2/c27-26(28)8-10-33(11-9-26)25(35)21-4-6-23(7-5-21)30-14-12-29(13-15-30)20-24(34)32-18-16-31(17-19-32)22-2-1-3-22/h4-7,22H,1-3,8-20H2. The van der Waals surface area contributed by atoms with Crippen molar-refractivity contribution in [2.75, 3.05) is 76.9 Å². The largest absolute Gasteiger partial charge is 0.369 e. The molecule has 1 aromatic carbocycles. The van der Waals surface area contributed by atoms with Gasteiger partial charge in [-0.3, -0.25) is 19.4 Å². The lowest BCUT2D eigenvalue weighted by molar-refractivity contribution is -0.134. The molecule has 0 spiro atoms. The first-order valence-corrected chi connectivity index (χ1v) is 13.1. The number of anilines is 1. The monoisotopic (exact) mass is 489 g/mol. The van der Waals surface area contributed by atoms with E-state index in [9.17, 15) is 18.4 Å². The number of carbonyl (C=O) groups excluding carboxylic acids is 2. The number of hydrogen-bond donors (Lipinski definition) is 0. The van der Waals surface area contributed by atoms with Crippen molar-refractivity contribution in [1.82, 2.24) is 19.6 Å². The molecule has 0 N–H and O–H groups in total. The number of carbonyl (C=O) groups is 2. The minimum absolute atomic E-state index is 0.102. The first kappa shape index (κ1) is 24.4. The van der Waals surface area contributed by atoms with E-state index in [-0.39, 0.29) is 37.7 Å². The highest BCUT2D eigenvalue weighted by Gasteiger charge is 2.36. The SMILES string of the molecule is O=C(CN1CCN(c2ccc(C(=O)N3CCC(F)(F)CC3)cc2)CC1)N1CCN(C2CCC2)CC1. The molecule has 35 heavy (non-hydrogen) atoms. The van der Waals surface area contributed by atoms with Crippen molar-refractivity contribution < 1.29 is 18.4 Å². The van der Waals surface area contributed by atoms with E-state index in [2.05, 4.69) is 14.7 Å². The van der Waals surface area contributed by atoms with Crippen molar-refractivity contribution in [3.63, 3.8) is 0 Å². The van der Waals surface area contributed by atoms with Crippen molar-refractivity contribution in [1.29, 1.82) is 0 Å². The summed E-state index contributed by atoms with van der Waals surface area (Å²) < 4.78 is 26.8. The van der Waals surface area contributed by atoms with Crippen LogP contribution in [0.4, 0.5) is 14.5 Å². The number of piperidine rings is 1. The van der Waals surface area contributed by atoms with Gasteiger partial charge in [-0.2, -0.15) is 0 Å². The van der Waals surface area contributed by atoms with Gasteiger partial charge in [0.25, 0.3) is 11.8 Å². The number of alkyl halides is 2. The van der Waals surface area contributed by atoms with Gasteiger partial charge in [-0.1, -0.05) is 6.42 Å². The van der Waals surface area contributed by atoms with Crippen LogP contribution in [0.3, 0.4) is 0 Å². The van der Waals surface area contributed by atoms with E-state index in [0.717, 1.165) is 64.1 Å². The Labute approximate surface area is 206 Å². The summed E-state index contributed by atoms with van der Waals surface area (Å²) in [7, 11) is 0. The van der Waals surface area contributed by atoms with Crippen molar-refractivity contribution in [3.8, 4) is 0 Å². The summed E-state index contributed by atoms with van der Waals surface area (Å²) in [6.45, 7) is 7.72. The Morgan fingerprint density at radius 1 is 0.800 bits per heavy atom. The molecule has 5 rings (SSSR count). The molecular formula is C26H37F2N5O2. The van der Waals surface area contributed by atoms with E-state index in [1.165, 1.54) is 24.2 Å². The number of amides is 2. The molecule has 2 amide bonds. The molecule has 3 saturated heterocycles. The second-order valence-corrected chi connectivity index (χ2v) is 10.5. The fourth-order valence-electron chi connectivity index (χ4n) is 5.58. The molecule has 9 heteroatoms. The van der Waals surface area contributed by atoms with Crippen LogP contribution in [0.1, 0.15) is 42.5 Å². The number of nitrogens with zero attached hydrogens (tertiary/aromatic N) is 5. The Kier molecular flexibility index (Phi) is 7.25. The summed E-state index contributed by atoms with van der Waals surface area (Å²) in [4.78, 5) is 36.1. The van der Waals surface area contributed by atoms with Crippen molar-refractivity contribution in [3.05, 3.63) is 29.8 Å². The van der Waals surface area contributed by atoms with Crippen LogP contribution in [0, 0.1) is 0 Å². The summed E-state index contributed by atoms with van der Waals surface area (Å²) in [6.07, 6.45) is 3.45. The van der Waals surface area contributed by atoms with Crippen LogP contribution in [0.15, 0.2) is 24.3 Å². The molecule has 0 unspecified atom stereocenters. The Balaban J connectivity index is 1.05. The first-order valence-electron chi connectivity index (χ1n) is 13.1. The van der Waals surface area contributed by atoms with E-state index in [1.54, 1.807) is 12.1 Å². The molecule has 0 bridgehead atoms. The van der Waals surface area contributed by atoms with E-state index >= 15 is 0 Å². The van der Waals surface area contributed by atoms with Crippen LogP contribution >= 0.6 is 0 Å². The zero-order valence-corrected chi connectivity index (χ0v) is 20.5. The van der Waals surface area contributed by atoms with Gasteiger partial charge in [-0.25, -0.2) is 8.78 Å². The predicted octanol–water partition coefficient (Wildman–Crippen LogP) is 2.38. The molecule has 4 fully saturated rings. The van der Waals surface area contributed by atoms with Crippen molar-refractivity contribution in [2.24, 2.45) is 0 Å². The molecule has 4 aliphatic rings. The zero-order valence-electron chi connectivity index (χ0n) is 20.5. The third-order valence-corrected chi connectivity index (χ3v) is 8.25. The fourth-order valence-corrected chi connectivity index (χ4v) is 5.58. The fraction of sp³-hybridized carbons (Fsp3) is 0.692. The Morgan fingerprint density at radius 2 is 1.43 bits per heavy atom. The van der Waals surface area contributed by atoms with Crippen LogP contribution < -0.4 is 4.90 Å². The number of piperazine rings is 2. The minimum Gasteiger partial charge on any atom is -0.369 e. The first-order chi connectivity index (χ1) is 16.9. The number of hydrogen-bond acceptors (Lipinski definition) is 5. The van der Waals surface area contributed by atoms with Gasteiger partial charge in [0.15, 0.2) is 0 Å². The molecule has 3 heterocycles. The average molecular weight is 490 g/mol. The topological polar surface area (TPSA) is 50.3 Å². The predicted molar refractivity (Wildman–Crippen MR) is 131 cm³/mol. The normalized spacial score (nSPS) is 24.3. The van der Waals surface area contributed by atoms with Gasteiger partial charge in [0.2, 0.25) is 5.91 Å². The van der Waals surface area contributed by atoms with E-state index in [1.807, 2.05) is 17.0 Å². The molecule has 0 radical (unpaired) electrons. The molecule has 7 nitrogen and oxygen atoms in total. The van der Waals surface area contributed by atoms with E-state index in [4.69, 9.17) is 0 Å². The molecule has 0 aromatic heterocycles. The smallest absolute Gasteiger partial charge is 0.253 e. The van der Waals surface area contributed by atoms with Gasteiger partial charge >= 0.3 is 0 Å². The molecule has 0 atom stereocenters. The Hall–Kier alpha value is -2.26. The molecule has 3 aliphatic heterocycles. The van der Waals surface area contributed by atoms with Crippen LogP contribution in [0.5, 0.6) is 0 Å². The number of likely N-dealkylation sites (tertiary alicyclic amines) is 1. The third-order valence-electron chi connectivity index (χ3n) is 8.25. The lowest BCUT2D eigenvalue weighted by atomic mass is 9.91. The molecule has 192 valence electrons. The van der Waals surface area contributed by atoms with Gasteiger partial charge in [0.05, 0.1) is 6.54 Å². The maximum atomic E-state index is 13.4. The number of rotatable bonds is 5. The van der Waals surface area contributed by atoms with Crippen LogP contribution in [-0.4, -0.2) is 115 Å². The lowest BCUT2D eigenvalue weighted by Crippen LogP contribution is -2.56. The summed E-state index contributed by atoms with van der Waals surface area (Å²) in [6, 6.07) is 8.22.